The van der Waals surface area contributed by atoms with Crippen molar-refractivity contribution >= 4 is 34.6 Å². The number of fused-ring (bicyclic) bond motifs is 1. The maximum absolute atomic E-state index is 13.0. The molecule has 4 aromatic rings. The molecule has 4 rings (SSSR count). The Morgan fingerprint density at radius 2 is 1.82 bits per heavy atom. The van der Waals surface area contributed by atoms with Crippen LogP contribution in [0.25, 0.3) is 5.65 Å². The highest BCUT2D eigenvalue weighted by molar-refractivity contribution is 6.04. The summed E-state index contributed by atoms with van der Waals surface area (Å²) in [5.74, 6) is 0.649. The molecule has 0 bridgehead atoms. The Morgan fingerprint density at radius 1 is 1.06 bits per heavy atom. The van der Waals surface area contributed by atoms with E-state index in [9.17, 15) is 18.0 Å². The maximum Gasteiger partial charge on any atom is 0.281 e. The first-order valence-corrected chi connectivity index (χ1v) is 10.2. The molecule has 0 aliphatic rings. The van der Waals surface area contributed by atoms with E-state index in [2.05, 4.69) is 25.9 Å². The lowest BCUT2D eigenvalue weighted by atomic mass is 10.2. The number of benzene rings is 1. The van der Waals surface area contributed by atoms with Gasteiger partial charge in [-0.2, -0.15) is 0 Å². The van der Waals surface area contributed by atoms with E-state index in [4.69, 9.17) is 0 Å². The minimum absolute atomic E-state index is 0.1000. The van der Waals surface area contributed by atoms with Gasteiger partial charge in [0.25, 0.3) is 12.3 Å². The van der Waals surface area contributed by atoms with E-state index in [1.165, 1.54) is 19.3 Å². The minimum atomic E-state index is -2.65. The average molecular weight is 454 g/mol. The van der Waals surface area contributed by atoms with Gasteiger partial charge in [-0.15, -0.1) is 0 Å². The van der Waals surface area contributed by atoms with Crippen molar-refractivity contribution < 1.29 is 18.0 Å². The monoisotopic (exact) mass is 454 g/mol. The van der Waals surface area contributed by atoms with Gasteiger partial charge in [-0.1, -0.05) is 6.07 Å². The molecule has 0 saturated carbocycles. The number of nitrogens with one attached hydrogen (secondary N) is 3. The number of alkyl halides is 3. The Balaban J connectivity index is 1.43. The molecule has 7 nitrogen and oxygen atoms in total. The molecule has 170 valence electrons. The molecule has 10 heteroatoms. The van der Waals surface area contributed by atoms with E-state index in [0.29, 0.717) is 34.2 Å². The SMILES string of the molecule is CC(F)CNc1cc(C(=O)Nc2ccc(Nc3cccc4nc(C(F)F)cn34)cc2)ccn1. The summed E-state index contributed by atoms with van der Waals surface area (Å²) in [6, 6.07) is 15.2. The number of hydrogen-bond acceptors (Lipinski definition) is 5. The molecule has 0 aliphatic heterocycles. The topological polar surface area (TPSA) is 83.4 Å². The van der Waals surface area contributed by atoms with Crippen LogP contribution >= 0.6 is 0 Å². The highest BCUT2D eigenvalue weighted by Gasteiger charge is 2.13. The van der Waals surface area contributed by atoms with Crippen LogP contribution < -0.4 is 16.0 Å². The molecule has 1 amide bonds. The van der Waals surface area contributed by atoms with Crippen molar-refractivity contribution in [2.75, 3.05) is 22.5 Å². The third-order valence-corrected chi connectivity index (χ3v) is 4.74. The normalized spacial score (nSPS) is 12.0. The fourth-order valence-corrected chi connectivity index (χ4v) is 3.14. The van der Waals surface area contributed by atoms with Gasteiger partial charge in [0.1, 0.15) is 29.1 Å². The number of carbonyl (C=O) groups is 1. The Kier molecular flexibility index (Phi) is 6.43. The second-order valence-electron chi connectivity index (χ2n) is 7.35. The molecule has 3 N–H and O–H groups in total. The molecule has 1 unspecified atom stereocenters. The van der Waals surface area contributed by atoms with Crippen LogP contribution in [0.3, 0.4) is 0 Å². The number of halogens is 3. The zero-order valence-electron chi connectivity index (χ0n) is 17.6. The Hall–Kier alpha value is -4.08. The fraction of sp³-hybridized carbons (Fsp3) is 0.174. The van der Waals surface area contributed by atoms with Gasteiger partial charge < -0.3 is 16.0 Å². The summed E-state index contributed by atoms with van der Waals surface area (Å²) in [5.41, 5.74) is 1.75. The van der Waals surface area contributed by atoms with Gasteiger partial charge in [-0.05, 0) is 55.5 Å². The lowest BCUT2D eigenvalue weighted by Crippen LogP contribution is -2.15. The first-order chi connectivity index (χ1) is 15.9. The predicted molar refractivity (Wildman–Crippen MR) is 121 cm³/mol. The van der Waals surface area contributed by atoms with E-state index < -0.39 is 12.6 Å². The highest BCUT2D eigenvalue weighted by Crippen LogP contribution is 2.24. The lowest BCUT2D eigenvalue weighted by molar-refractivity contribution is 0.102. The Morgan fingerprint density at radius 3 is 2.55 bits per heavy atom. The first-order valence-electron chi connectivity index (χ1n) is 10.2. The van der Waals surface area contributed by atoms with Gasteiger partial charge in [-0.3, -0.25) is 9.20 Å². The lowest BCUT2D eigenvalue weighted by Gasteiger charge is -2.11. The fourth-order valence-electron chi connectivity index (χ4n) is 3.14. The third-order valence-electron chi connectivity index (χ3n) is 4.74. The number of hydrogen-bond donors (Lipinski definition) is 3. The van der Waals surface area contributed by atoms with Crippen molar-refractivity contribution in [2.24, 2.45) is 0 Å². The number of nitrogens with zero attached hydrogens (tertiary/aromatic N) is 3. The Labute approximate surface area is 187 Å². The van der Waals surface area contributed by atoms with Crippen molar-refractivity contribution in [2.45, 2.75) is 19.5 Å². The molecule has 1 atom stereocenters. The number of pyridine rings is 2. The van der Waals surface area contributed by atoms with Crippen molar-refractivity contribution in [3.63, 3.8) is 0 Å². The van der Waals surface area contributed by atoms with Crippen molar-refractivity contribution in [1.82, 2.24) is 14.4 Å². The number of anilines is 4. The molecule has 0 spiro atoms. The highest BCUT2D eigenvalue weighted by atomic mass is 19.3. The second kappa shape index (κ2) is 9.60. The summed E-state index contributed by atoms with van der Waals surface area (Å²) < 4.78 is 40.5. The number of carbonyl (C=O) groups excluding carboxylic acids is 1. The summed E-state index contributed by atoms with van der Waals surface area (Å²) in [6.07, 6.45) is -0.921. The van der Waals surface area contributed by atoms with Gasteiger partial charge in [0.05, 0.1) is 0 Å². The molecule has 0 aliphatic carbocycles. The van der Waals surface area contributed by atoms with E-state index in [0.717, 1.165) is 0 Å². The first kappa shape index (κ1) is 22.1. The van der Waals surface area contributed by atoms with Crippen LogP contribution in [0.4, 0.5) is 36.2 Å². The van der Waals surface area contributed by atoms with Crippen LogP contribution in [0.15, 0.2) is 67.0 Å². The summed E-state index contributed by atoms with van der Waals surface area (Å²) in [5, 5.41) is 8.78. The molecule has 3 heterocycles. The summed E-state index contributed by atoms with van der Waals surface area (Å²) >= 11 is 0. The van der Waals surface area contributed by atoms with E-state index in [1.807, 2.05) is 0 Å². The van der Waals surface area contributed by atoms with Crippen molar-refractivity contribution in [3.8, 4) is 0 Å². The Bertz CT molecular complexity index is 1260. The number of imidazole rings is 1. The molecule has 1 aromatic carbocycles. The van der Waals surface area contributed by atoms with Crippen LogP contribution in [0.1, 0.15) is 29.4 Å². The van der Waals surface area contributed by atoms with Crippen LogP contribution in [0, 0.1) is 0 Å². The molecule has 0 fully saturated rings. The second-order valence-corrected chi connectivity index (χ2v) is 7.35. The minimum Gasteiger partial charge on any atom is -0.367 e. The van der Waals surface area contributed by atoms with E-state index >= 15 is 0 Å². The third kappa shape index (κ3) is 5.40. The summed E-state index contributed by atoms with van der Waals surface area (Å²) in [6.45, 7) is 1.53. The molecule has 33 heavy (non-hydrogen) atoms. The van der Waals surface area contributed by atoms with Gasteiger partial charge >= 0.3 is 0 Å². The largest absolute Gasteiger partial charge is 0.367 e. The molecular formula is C23H21F3N6O. The zero-order valence-corrected chi connectivity index (χ0v) is 17.6. The van der Waals surface area contributed by atoms with Crippen molar-refractivity contribution in [1.29, 1.82) is 0 Å². The number of rotatable bonds is 8. The van der Waals surface area contributed by atoms with E-state index in [1.54, 1.807) is 59.0 Å². The van der Waals surface area contributed by atoms with Gasteiger partial charge in [0.2, 0.25) is 0 Å². The predicted octanol–water partition coefficient (Wildman–Crippen LogP) is 5.43. The van der Waals surface area contributed by atoms with Crippen LogP contribution in [-0.4, -0.2) is 33.0 Å². The molecular weight excluding hydrogens is 433 g/mol. The van der Waals surface area contributed by atoms with Crippen molar-refractivity contribution in [3.05, 3.63) is 78.2 Å². The van der Waals surface area contributed by atoms with Gasteiger partial charge in [-0.25, -0.2) is 23.1 Å². The van der Waals surface area contributed by atoms with Gasteiger partial charge in [0, 0.05) is 35.9 Å². The van der Waals surface area contributed by atoms with E-state index in [-0.39, 0.29) is 18.1 Å². The smallest absolute Gasteiger partial charge is 0.281 e. The van der Waals surface area contributed by atoms with Crippen LogP contribution in [0.2, 0.25) is 0 Å². The summed E-state index contributed by atoms with van der Waals surface area (Å²) in [4.78, 5) is 20.5. The standard InChI is InChI=1S/C23H21F3N6O/c1-14(24)12-28-19-11-15(9-10-27-19)23(33)30-17-7-5-16(6-8-17)29-20-3-2-4-21-31-18(22(25)26)13-32(20)21/h2-11,13-14,22,29H,12H2,1H3,(H,27,28)(H,30,33). The molecule has 0 saturated heterocycles. The van der Waals surface area contributed by atoms with Gasteiger partial charge in [0.15, 0.2) is 0 Å². The number of amides is 1. The quantitative estimate of drug-likeness (QED) is 0.331. The van der Waals surface area contributed by atoms with Crippen LogP contribution in [0.5, 0.6) is 0 Å². The average Bonchev–Trinajstić information content (AvgIpc) is 3.25. The van der Waals surface area contributed by atoms with Crippen LogP contribution in [-0.2, 0) is 0 Å². The molecule has 3 aromatic heterocycles. The summed E-state index contributed by atoms with van der Waals surface area (Å²) in [7, 11) is 0. The molecule has 0 radical (unpaired) electrons. The maximum atomic E-state index is 13.0. The number of aromatic nitrogens is 3. The zero-order chi connectivity index (χ0) is 23.4.